The van der Waals surface area contributed by atoms with Crippen molar-refractivity contribution >= 4 is 6.29 Å². The lowest BCUT2D eigenvalue weighted by Gasteiger charge is -2.11. The predicted octanol–water partition coefficient (Wildman–Crippen LogP) is 2.28. The van der Waals surface area contributed by atoms with Gasteiger partial charge in [-0.15, -0.1) is 0 Å². The van der Waals surface area contributed by atoms with E-state index < -0.39 is 30.3 Å². The molecular formula is C7H4F6N2O. The minimum atomic E-state index is -4.99. The van der Waals surface area contributed by atoms with Crippen LogP contribution in [0, 0.1) is 0 Å². The van der Waals surface area contributed by atoms with Crippen LogP contribution >= 0.6 is 0 Å². The molecule has 0 aliphatic carbocycles. The van der Waals surface area contributed by atoms with Crippen molar-refractivity contribution in [2.45, 2.75) is 18.9 Å². The quantitative estimate of drug-likeness (QED) is 0.592. The van der Waals surface area contributed by atoms with Gasteiger partial charge in [0, 0.05) is 0 Å². The van der Waals surface area contributed by atoms with Gasteiger partial charge in [0.1, 0.15) is 17.9 Å². The van der Waals surface area contributed by atoms with E-state index >= 15 is 0 Å². The summed E-state index contributed by atoms with van der Waals surface area (Å²) in [5, 5.41) is 2.89. The number of nitrogens with zero attached hydrogens (tertiary/aromatic N) is 2. The van der Waals surface area contributed by atoms with Crippen molar-refractivity contribution < 1.29 is 31.1 Å². The first-order valence-corrected chi connectivity index (χ1v) is 3.80. The molecule has 0 bridgehead atoms. The Morgan fingerprint density at radius 1 is 1.25 bits per heavy atom. The maximum Gasteiger partial charge on any atom is 0.433 e. The Labute approximate surface area is 84.7 Å². The van der Waals surface area contributed by atoms with Crippen molar-refractivity contribution in [2.75, 3.05) is 0 Å². The van der Waals surface area contributed by atoms with Crippen molar-refractivity contribution in [1.29, 1.82) is 0 Å². The van der Waals surface area contributed by atoms with Crippen LogP contribution in [0.1, 0.15) is 16.2 Å². The molecule has 0 spiro atoms. The summed E-state index contributed by atoms with van der Waals surface area (Å²) in [4.78, 5) is 10.1. The highest BCUT2D eigenvalue weighted by Gasteiger charge is 2.39. The van der Waals surface area contributed by atoms with Crippen LogP contribution in [0.5, 0.6) is 0 Å². The summed E-state index contributed by atoms with van der Waals surface area (Å²) in [6, 6.07) is 0.263. The minimum Gasteiger partial charge on any atom is -0.296 e. The predicted molar refractivity (Wildman–Crippen MR) is 38.7 cm³/mol. The SMILES string of the molecule is O=Cc1cc(C(F)(F)F)n(CC(F)(F)F)n1. The van der Waals surface area contributed by atoms with Gasteiger partial charge in [-0.05, 0) is 6.07 Å². The Morgan fingerprint density at radius 3 is 2.19 bits per heavy atom. The summed E-state index contributed by atoms with van der Waals surface area (Å²) in [6.45, 7) is -1.89. The third-order valence-electron chi connectivity index (χ3n) is 1.54. The van der Waals surface area contributed by atoms with Gasteiger partial charge in [0.15, 0.2) is 6.29 Å². The minimum absolute atomic E-state index is 0.0535. The van der Waals surface area contributed by atoms with E-state index in [1.165, 1.54) is 0 Å². The van der Waals surface area contributed by atoms with Gasteiger partial charge < -0.3 is 0 Å². The van der Waals surface area contributed by atoms with E-state index in [0.29, 0.717) is 0 Å². The molecule has 90 valence electrons. The van der Waals surface area contributed by atoms with Crippen LogP contribution in [0.4, 0.5) is 26.3 Å². The van der Waals surface area contributed by atoms with Crippen molar-refractivity contribution in [1.82, 2.24) is 9.78 Å². The molecule has 16 heavy (non-hydrogen) atoms. The first kappa shape index (κ1) is 12.5. The zero-order valence-corrected chi connectivity index (χ0v) is 7.43. The van der Waals surface area contributed by atoms with Gasteiger partial charge in [0.05, 0.1) is 0 Å². The third kappa shape index (κ3) is 2.97. The van der Waals surface area contributed by atoms with E-state index in [9.17, 15) is 31.1 Å². The molecule has 0 aromatic carbocycles. The van der Waals surface area contributed by atoms with Gasteiger partial charge in [-0.1, -0.05) is 0 Å². The highest BCUT2D eigenvalue weighted by molar-refractivity contribution is 5.71. The third-order valence-corrected chi connectivity index (χ3v) is 1.54. The summed E-state index contributed by atoms with van der Waals surface area (Å²) in [5.41, 5.74) is -2.30. The van der Waals surface area contributed by atoms with Crippen LogP contribution in [0.3, 0.4) is 0 Å². The Balaban J connectivity index is 3.16. The lowest BCUT2D eigenvalue weighted by atomic mass is 10.3. The summed E-state index contributed by atoms with van der Waals surface area (Å²) >= 11 is 0. The number of halogens is 6. The summed E-state index contributed by atoms with van der Waals surface area (Å²) < 4.78 is 72.1. The number of aromatic nitrogens is 2. The van der Waals surface area contributed by atoms with Crippen molar-refractivity contribution in [3.8, 4) is 0 Å². The van der Waals surface area contributed by atoms with Gasteiger partial charge in [-0.25, -0.2) is 0 Å². The van der Waals surface area contributed by atoms with Crippen molar-refractivity contribution in [3.05, 3.63) is 17.5 Å². The Hall–Kier alpha value is -1.54. The molecule has 0 radical (unpaired) electrons. The number of alkyl halides is 6. The fourth-order valence-electron chi connectivity index (χ4n) is 1.01. The highest BCUT2D eigenvalue weighted by atomic mass is 19.4. The summed E-state index contributed by atoms with van der Waals surface area (Å²) in [6.07, 6.45) is -9.88. The molecule has 0 atom stereocenters. The molecule has 1 aromatic rings. The second kappa shape index (κ2) is 3.80. The van der Waals surface area contributed by atoms with Gasteiger partial charge in [-0.3, -0.25) is 9.48 Å². The van der Waals surface area contributed by atoms with Gasteiger partial charge in [-0.2, -0.15) is 31.4 Å². The number of hydrogen-bond donors (Lipinski definition) is 0. The zero-order valence-electron chi connectivity index (χ0n) is 7.43. The maximum absolute atomic E-state index is 12.2. The molecule has 0 aliphatic heterocycles. The smallest absolute Gasteiger partial charge is 0.296 e. The lowest BCUT2D eigenvalue weighted by Crippen LogP contribution is -2.23. The maximum atomic E-state index is 12.2. The molecule has 0 saturated heterocycles. The molecule has 0 saturated carbocycles. The second-order valence-electron chi connectivity index (χ2n) is 2.84. The normalized spacial score (nSPS) is 12.9. The van der Waals surface area contributed by atoms with E-state index in [4.69, 9.17) is 0 Å². The number of rotatable bonds is 2. The molecule has 3 nitrogen and oxygen atoms in total. The van der Waals surface area contributed by atoms with Gasteiger partial charge in [0.25, 0.3) is 0 Å². The average molecular weight is 246 g/mol. The van der Waals surface area contributed by atoms with E-state index in [-0.39, 0.29) is 17.0 Å². The van der Waals surface area contributed by atoms with E-state index in [0.717, 1.165) is 0 Å². The Kier molecular flexibility index (Phi) is 2.97. The van der Waals surface area contributed by atoms with Crippen molar-refractivity contribution in [2.24, 2.45) is 0 Å². The van der Waals surface area contributed by atoms with Crippen LogP contribution in [-0.4, -0.2) is 22.2 Å². The molecule has 1 aromatic heterocycles. The first-order chi connectivity index (χ1) is 7.13. The second-order valence-corrected chi connectivity index (χ2v) is 2.84. The fourth-order valence-corrected chi connectivity index (χ4v) is 1.01. The van der Waals surface area contributed by atoms with Crippen LogP contribution in [-0.2, 0) is 12.7 Å². The van der Waals surface area contributed by atoms with Gasteiger partial charge >= 0.3 is 12.4 Å². The monoisotopic (exact) mass is 246 g/mol. The number of aldehydes is 1. The number of carbonyl (C=O) groups excluding carboxylic acids is 1. The van der Waals surface area contributed by atoms with E-state index in [2.05, 4.69) is 5.10 Å². The largest absolute Gasteiger partial charge is 0.433 e. The van der Waals surface area contributed by atoms with E-state index in [1.54, 1.807) is 0 Å². The fraction of sp³-hybridized carbons (Fsp3) is 0.429. The summed E-state index contributed by atoms with van der Waals surface area (Å²) in [7, 11) is 0. The Morgan fingerprint density at radius 2 is 1.81 bits per heavy atom. The average Bonchev–Trinajstić information content (AvgIpc) is 2.43. The molecular weight excluding hydrogens is 242 g/mol. The topological polar surface area (TPSA) is 34.9 Å². The molecule has 0 amide bonds. The molecule has 1 rings (SSSR count). The van der Waals surface area contributed by atoms with Crippen LogP contribution in [0.25, 0.3) is 0 Å². The molecule has 1 heterocycles. The van der Waals surface area contributed by atoms with Gasteiger partial charge in [0.2, 0.25) is 0 Å². The molecule has 0 aliphatic rings. The van der Waals surface area contributed by atoms with Crippen LogP contribution in [0.15, 0.2) is 6.07 Å². The van der Waals surface area contributed by atoms with E-state index in [1.807, 2.05) is 0 Å². The molecule has 0 fully saturated rings. The summed E-state index contributed by atoms with van der Waals surface area (Å²) in [5.74, 6) is 0. The Bertz CT molecular complexity index is 391. The molecule has 0 N–H and O–H groups in total. The standard InChI is InChI=1S/C7H4F6N2O/c8-6(9,10)3-15-5(7(11,12)13)1-4(2-16)14-15/h1-2H,3H2. The van der Waals surface area contributed by atoms with Crippen LogP contribution in [0.2, 0.25) is 0 Å². The highest BCUT2D eigenvalue weighted by Crippen LogP contribution is 2.31. The molecule has 9 heteroatoms. The molecule has 0 unspecified atom stereocenters. The number of carbonyl (C=O) groups is 1. The lowest BCUT2D eigenvalue weighted by molar-refractivity contribution is -0.160. The first-order valence-electron chi connectivity index (χ1n) is 3.80. The number of hydrogen-bond acceptors (Lipinski definition) is 2. The van der Waals surface area contributed by atoms with Crippen LogP contribution < -0.4 is 0 Å². The van der Waals surface area contributed by atoms with Crippen molar-refractivity contribution in [3.63, 3.8) is 0 Å². The zero-order chi connectivity index (χ0) is 12.6.